The van der Waals surface area contributed by atoms with Crippen molar-refractivity contribution in [3.8, 4) is 0 Å². The van der Waals surface area contributed by atoms with Crippen LogP contribution >= 0.6 is 0 Å². The van der Waals surface area contributed by atoms with Gasteiger partial charge in [-0.1, -0.05) is 91.0 Å². The Hall–Kier alpha value is -2.91. The van der Waals surface area contributed by atoms with Crippen molar-refractivity contribution >= 4 is 6.41 Å². The van der Waals surface area contributed by atoms with Crippen LogP contribution in [0.25, 0.3) is 0 Å². The summed E-state index contributed by atoms with van der Waals surface area (Å²) in [6.07, 6.45) is 0.776. The highest BCUT2D eigenvalue weighted by atomic mass is 16.7. The van der Waals surface area contributed by atoms with Crippen LogP contribution < -0.4 is 0 Å². The van der Waals surface area contributed by atoms with Gasteiger partial charge < -0.3 is 0 Å². The van der Waals surface area contributed by atoms with Gasteiger partial charge in [0, 0.05) is 0 Å². The Morgan fingerprint density at radius 3 is 1.26 bits per heavy atom. The molecule has 3 rings (SSSR count). The summed E-state index contributed by atoms with van der Waals surface area (Å²) in [5.41, 5.74) is 1.43. The van der Waals surface area contributed by atoms with Gasteiger partial charge in [0.25, 0.3) is 0 Å². The van der Waals surface area contributed by atoms with Crippen molar-refractivity contribution in [3.63, 3.8) is 0 Å². The summed E-state index contributed by atoms with van der Waals surface area (Å²) in [6.45, 7) is 5.82. The molecular weight excluding hydrogens is 334 g/mol. The summed E-state index contributed by atoms with van der Waals surface area (Å²) in [6, 6.07) is 30.0. The van der Waals surface area contributed by atoms with Crippen molar-refractivity contribution in [2.75, 3.05) is 0 Å². The topological polar surface area (TPSA) is 29.5 Å². The summed E-state index contributed by atoms with van der Waals surface area (Å²) >= 11 is 0. The summed E-state index contributed by atoms with van der Waals surface area (Å²) in [5.74, 6) is 0. The molecule has 0 unspecified atom stereocenters. The van der Waals surface area contributed by atoms with Crippen LogP contribution in [0.2, 0.25) is 0 Å². The second-order valence-electron chi connectivity index (χ2n) is 7.44. The molecule has 0 aliphatic carbocycles. The number of amides is 1. The zero-order valence-electron chi connectivity index (χ0n) is 16.0. The molecule has 0 radical (unpaired) electrons. The van der Waals surface area contributed by atoms with Gasteiger partial charge >= 0.3 is 0 Å². The van der Waals surface area contributed by atoms with Crippen LogP contribution in [0.5, 0.6) is 0 Å². The third kappa shape index (κ3) is 3.79. The van der Waals surface area contributed by atoms with Gasteiger partial charge in [0.05, 0.1) is 5.60 Å². The molecule has 1 amide bonds. The molecule has 0 aliphatic heterocycles. The van der Waals surface area contributed by atoms with E-state index in [4.69, 9.17) is 4.84 Å². The molecule has 3 heteroatoms. The fourth-order valence-electron chi connectivity index (χ4n) is 3.38. The van der Waals surface area contributed by atoms with Gasteiger partial charge in [-0.25, -0.2) is 5.06 Å². The molecule has 3 aromatic carbocycles. The highest BCUT2D eigenvalue weighted by Gasteiger charge is 2.44. The number of benzene rings is 3. The van der Waals surface area contributed by atoms with E-state index in [0.29, 0.717) is 0 Å². The fraction of sp³-hybridized carbons (Fsp3) is 0.208. The number of hydrogen-bond donors (Lipinski definition) is 0. The minimum absolute atomic E-state index is 0.537. The second kappa shape index (κ2) is 7.77. The third-order valence-electron chi connectivity index (χ3n) is 4.37. The van der Waals surface area contributed by atoms with E-state index in [-0.39, 0.29) is 0 Å². The molecule has 0 spiro atoms. The zero-order valence-corrected chi connectivity index (χ0v) is 16.0. The van der Waals surface area contributed by atoms with E-state index in [9.17, 15) is 4.79 Å². The molecule has 0 saturated carbocycles. The van der Waals surface area contributed by atoms with Crippen LogP contribution in [-0.4, -0.2) is 17.1 Å². The van der Waals surface area contributed by atoms with Crippen LogP contribution in [0.3, 0.4) is 0 Å². The highest BCUT2D eigenvalue weighted by Crippen LogP contribution is 2.42. The first kappa shape index (κ1) is 18.9. The van der Waals surface area contributed by atoms with Gasteiger partial charge in [0.15, 0.2) is 0 Å². The molecule has 0 fully saturated rings. The Morgan fingerprint density at radius 1 is 0.667 bits per heavy atom. The lowest BCUT2D eigenvalue weighted by Gasteiger charge is -2.44. The molecule has 27 heavy (non-hydrogen) atoms. The van der Waals surface area contributed by atoms with Crippen molar-refractivity contribution in [2.45, 2.75) is 31.9 Å². The van der Waals surface area contributed by atoms with Crippen LogP contribution in [0, 0.1) is 0 Å². The molecule has 0 aromatic heterocycles. The van der Waals surface area contributed by atoms with Gasteiger partial charge in [0.1, 0.15) is 5.54 Å². The molecule has 138 valence electrons. The van der Waals surface area contributed by atoms with E-state index < -0.39 is 11.1 Å². The molecule has 0 aliphatic rings. The van der Waals surface area contributed by atoms with Crippen molar-refractivity contribution in [1.82, 2.24) is 5.06 Å². The predicted molar refractivity (Wildman–Crippen MR) is 108 cm³/mol. The quantitative estimate of drug-likeness (QED) is 0.345. The van der Waals surface area contributed by atoms with Crippen molar-refractivity contribution < 1.29 is 9.63 Å². The first-order valence-electron chi connectivity index (χ1n) is 9.09. The molecule has 3 nitrogen and oxygen atoms in total. The average molecular weight is 359 g/mol. The maximum Gasteiger partial charge on any atom is 0.234 e. The molecular formula is C24H25NO2. The summed E-state index contributed by atoms with van der Waals surface area (Å²) in [4.78, 5) is 18.5. The van der Waals surface area contributed by atoms with E-state index in [1.165, 1.54) is 5.06 Å². The van der Waals surface area contributed by atoms with Gasteiger partial charge in [0.2, 0.25) is 6.41 Å². The van der Waals surface area contributed by atoms with Crippen LogP contribution in [-0.2, 0) is 15.2 Å². The lowest BCUT2D eigenvalue weighted by Crippen LogP contribution is -2.50. The van der Waals surface area contributed by atoms with E-state index in [1.54, 1.807) is 0 Å². The maximum absolute atomic E-state index is 12.4. The van der Waals surface area contributed by atoms with E-state index >= 15 is 0 Å². The first-order chi connectivity index (χ1) is 13.0. The number of rotatable bonds is 6. The number of carbonyl (C=O) groups excluding carboxylic acids is 1. The molecule has 0 N–H and O–H groups in total. The summed E-state index contributed by atoms with van der Waals surface area (Å²) < 4.78 is 0. The van der Waals surface area contributed by atoms with E-state index in [0.717, 1.165) is 23.1 Å². The number of nitrogens with zero attached hydrogens (tertiary/aromatic N) is 1. The molecule has 0 bridgehead atoms. The number of hydrogen-bond acceptors (Lipinski definition) is 2. The average Bonchev–Trinajstić information content (AvgIpc) is 2.69. The van der Waals surface area contributed by atoms with Gasteiger partial charge in [-0.05, 0) is 37.5 Å². The zero-order chi connectivity index (χ0) is 19.3. The Morgan fingerprint density at radius 2 is 1.00 bits per heavy atom. The Balaban J connectivity index is 2.37. The Kier molecular flexibility index (Phi) is 5.43. The largest absolute Gasteiger partial charge is 0.276 e. The van der Waals surface area contributed by atoms with Gasteiger partial charge in [-0.2, -0.15) is 0 Å². The minimum atomic E-state index is -0.904. The van der Waals surface area contributed by atoms with Gasteiger partial charge in [-0.15, -0.1) is 0 Å². The normalized spacial score (nSPS) is 11.8. The third-order valence-corrected chi connectivity index (χ3v) is 4.37. The van der Waals surface area contributed by atoms with Gasteiger partial charge in [-0.3, -0.25) is 9.63 Å². The van der Waals surface area contributed by atoms with E-state index in [2.05, 4.69) is 0 Å². The Bertz CT molecular complexity index is 758. The van der Waals surface area contributed by atoms with Crippen LogP contribution in [0.15, 0.2) is 91.0 Å². The lowest BCUT2D eigenvalue weighted by atomic mass is 9.77. The number of carbonyl (C=O) groups is 1. The smallest absolute Gasteiger partial charge is 0.234 e. The Labute approximate surface area is 161 Å². The SMILES string of the molecule is CC(C)(C)ON(C=O)C(c1ccccc1)(c1ccccc1)c1ccccc1. The molecule has 3 aromatic rings. The second-order valence-corrected chi connectivity index (χ2v) is 7.44. The van der Waals surface area contributed by atoms with Crippen molar-refractivity contribution in [2.24, 2.45) is 0 Å². The molecule has 0 atom stereocenters. The lowest BCUT2D eigenvalue weighted by molar-refractivity contribution is -0.244. The summed E-state index contributed by atoms with van der Waals surface area (Å²) in [7, 11) is 0. The first-order valence-corrected chi connectivity index (χ1v) is 9.09. The van der Waals surface area contributed by atoms with E-state index in [1.807, 2.05) is 112 Å². The standard InChI is InChI=1S/C24H25NO2/c1-23(2,3)27-25(19-26)24(20-13-7-4-8-14-20,21-15-9-5-10-16-21)22-17-11-6-12-18-22/h4-19H,1-3H3. The summed E-state index contributed by atoms with van der Waals surface area (Å²) in [5, 5.41) is 1.45. The maximum atomic E-state index is 12.4. The highest BCUT2D eigenvalue weighted by molar-refractivity contribution is 5.58. The van der Waals surface area contributed by atoms with Crippen molar-refractivity contribution in [1.29, 1.82) is 0 Å². The molecule has 0 saturated heterocycles. The van der Waals surface area contributed by atoms with Crippen LogP contribution in [0.4, 0.5) is 0 Å². The van der Waals surface area contributed by atoms with Crippen molar-refractivity contribution in [3.05, 3.63) is 108 Å². The monoisotopic (exact) mass is 359 g/mol. The van der Waals surface area contributed by atoms with Crippen LogP contribution in [0.1, 0.15) is 37.5 Å². The number of hydroxylamine groups is 2. The fourth-order valence-corrected chi connectivity index (χ4v) is 3.38. The minimum Gasteiger partial charge on any atom is -0.276 e. The molecule has 0 heterocycles. The predicted octanol–water partition coefficient (Wildman–Crippen LogP) is 5.17.